The van der Waals surface area contributed by atoms with Gasteiger partial charge in [0, 0.05) is 25.4 Å². The largest absolute Gasteiger partial charge is 0.497 e. The molecule has 120 valence electrons. The first-order valence-corrected chi connectivity index (χ1v) is 7.63. The highest BCUT2D eigenvalue weighted by Gasteiger charge is 2.15. The summed E-state index contributed by atoms with van der Waals surface area (Å²) in [6.45, 7) is 2.05. The average molecular weight is 312 g/mol. The van der Waals surface area contributed by atoms with E-state index in [2.05, 4.69) is 15.2 Å². The second-order valence-electron chi connectivity index (χ2n) is 5.51. The zero-order chi connectivity index (χ0) is 16.2. The van der Waals surface area contributed by atoms with Crippen molar-refractivity contribution in [2.24, 2.45) is 0 Å². The number of nitrogens with one attached hydrogen (secondary N) is 1. The van der Waals surface area contributed by atoms with Gasteiger partial charge >= 0.3 is 0 Å². The summed E-state index contributed by atoms with van der Waals surface area (Å²) in [6.07, 6.45) is 3.98. The Morgan fingerprint density at radius 2 is 2.04 bits per heavy atom. The third-order valence-corrected chi connectivity index (χ3v) is 3.95. The molecule has 6 heteroatoms. The van der Waals surface area contributed by atoms with Gasteiger partial charge in [0.15, 0.2) is 0 Å². The van der Waals surface area contributed by atoms with Crippen LogP contribution in [0.4, 0.5) is 17.2 Å². The maximum Gasteiger partial charge on any atom is 0.257 e. The molecule has 23 heavy (non-hydrogen) atoms. The molecule has 0 atom stereocenters. The molecule has 1 saturated heterocycles. The Bertz CT molecular complexity index is 694. The number of nitrogen functional groups attached to an aromatic ring is 1. The first kappa shape index (κ1) is 15.1. The molecule has 0 unspecified atom stereocenters. The van der Waals surface area contributed by atoms with E-state index in [1.165, 1.54) is 12.8 Å². The van der Waals surface area contributed by atoms with Gasteiger partial charge in [0.2, 0.25) is 0 Å². The van der Waals surface area contributed by atoms with Crippen LogP contribution >= 0.6 is 0 Å². The summed E-state index contributed by atoms with van der Waals surface area (Å²) in [5.74, 6) is 1.31. The van der Waals surface area contributed by atoms with E-state index in [1.807, 2.05) is 6.07 Å². The van der Waals surface area contributed by atoms with E-state index in [0.29, 0.717) is 22.7 Å². The molecule has 1 amide bonds. The van der Waals surface area contributed by atoms with E-state index in [1.54, 1.807) is 37.6 Å². The fourth-order valence-electron chi connectivity index (χ4n) is 2.62. The summed E-state index contributed by atoms with van der Waals surface area (Å²) >= 11 is 0. The Hall–Kier alpha value is -2.76. The SMILES string of the molecule is COc1ccc(N)c(NC(=O)c2ccc(N3CCCC3)nc2)c1. The van der Waals surface area contributed by atoms with Crippen LogP contribution in [0.25, 0.3) is 0 Å². The minimum Gasteiger partial charge on any atom is -0.497 e. The maximum absolute atomic E-state index is 12.3. The van der Waals surface area contributed by atoms with E-state index in [0.717, 1.165) is 18.9 Å². The number of rotatable bonds is 4. The van der Waals surface area contributed by atoms with Crippen LogP contribution < -0.4 is 20.7 Å². The van der Waals surface area contributed by atoms with Crippen molar-refractivity contribution >= 4 is 23.1 Å². The van der Waals surface area contributed by atoms with Gasteiger partial charge in [-0.3, -0.25) is 4.79 Å². The van der Waals surface area contributed by atoms with Crippen molar-refractivity contribution in [2.45, 2.75) is 12.8 Å². The molecule has 0 aliphatic carbocycles. The standard InChI is InChI=1S/C17H20N4O2/c1-23-13-5-6-14(18)15(10-13)20-17(22)12-4-7-16(19-11-12)21-8-2-3-9-21/h4-7,10-11H,2-3,8-9,18H2,1H3,(H,20,22). The van der Waals surface area contributed by atoms with Crippen LogP contribution in [0.2, 0.25) is 0 Å². The Balaban J connectivity index is 1.73. The van der Waals surface area contributed by atoms with Crippen molar-refractivity contribution < 1.29 is 9.53 Å². The van der Waals surface area contributed by atoms with Gasteiger partial charge in [-0.05, 0) is 37.1 Å². The van der Waals surface area contributed by atoms with Gasteiger partial charge in [0.25, 0.3) is 5.91 Å². The quantitative estimate of drug-likeness (QED) is 0.848. The molecule has 0 radical (unpaired) electrons. The molecule has 1 aromatic carbocycles. The van der Waals surface area contributed by atoms with Crippen LogP contribution in [0.1, 0.15) is 23.2 Å². The number of nitrogens with zero attached hydrogens (tertiary/aromatic N) is 2. The highest BCUT2D eigenvalue weighted by molar-refractivity contribution is 6.05. The summed E-state index contributed by atoms with van der Waals surface area (Å²) in [6, 6.07) is 8.81. The van der Waals surface area contributed by atoms with Crippen LogP contribution in [-0.4, -0.2) is 31.1 Å². The highest BCUT2D eigenvalue weighted by atomic mass is 16.5. The number of hydrogen-bond acceptors (Lipinski definition) is 5. The normalized spacial score (nSPS) is 13.9. The van der Waals surface area contributed by atoms with E-state index >= 15 is 0 Å². The second-order valence-corrected chi connectivity index (χ2v) is 5.51. The number of ether oxygens (including phenoxy) is 1. The summed E-state index contributed by atoms with van der Waals surface area (Å²) in [5.41, 5.74) is 7.39. The summed E-state index contributed by atoms with van der Waals surface area (Å²) in [4.78, 5) is 19.0. The monoisotopic (exact) mass is 312 g/mol. The van der Waals surface area contributed by atoms with E-state index in [9.17, 15) is 4.79 Å². The number of aromatic nitrogens is 1. The molecule has 3 N–H and O–H groups in total. The summed E-state index contributed by atoms with van der Waals surface area (Å²) in [5, 5.41) is 2.79. The second kappa shape index (κ2) is 6.56. The van der Waals surface area contributed by atoms with Crippen LogP contribution in [0.5, 0.6) is 5.75 Å². The summed E-state index contributed by atoms with van der Waals surface area (Å²) < 4.78 is 5.15. The van der Waals surface area contributed by atoms with Crippen molar-refractivity contribution in [3.8, 4) is 5.75 Å². The van der Waals surface area contributed by atoms with Gasteiger partial charge in [-0.2, -0.15) is 0 Å². The zero-order valence-corrected chi connectivity index (χ0v) is 13.1. The Morgan fingerprint density at radius 3 is 2.70 bits per heavy atom. The molecule has 1 fully saturated rings. The first-order valence-electron chi connectivity index (χ1n) is 7.63. The Kier molecular flexibility index (Phi) is 4.32. The number of methoxy groups -OCH3 is 1. The maximum atomic E-state index is 12.3. The molecule has 1 aliphatic heterocycles. The Morgan fingerprint density at radius 1 is 1.26 bits per heavy atom. The zero-order valence-electron chi connectivity index (χ0n) is 13.1. The molecule has 2 heterocycles. The third-order valence-electron chi connectivity index (χ3n) is 3.95. The van der Waals surface area contributed by atoms with Crippen LogP contribution in [0.15, 0.2) is 36.5 Å². The van der Waals surface area contributed by atoms with Gasteiger partial charge in [-0.25, -0.2) is 4.98 Å². The minimum atomic E-state index is -0.245. The van der Waals surface area contributed by atoms with Crippen molar-refractivity contribution in [1.29, 1.82) is 0 Å². The fraction of sp³-hybridized carbons (Fsp3) is 0.294. The van der Waals surface area contributed by atoms with Gasteiger partial charge in [-0.1, -0.05) is 0 Å². The predicted molar refractivity (Wildman–Crippen MR) is 91.0 cm³/mol. The number of hydrogen-bond donors (Lipinski definition) is 2. The lowest BCUT2D eigenvalue weighted by Crippen LogP contribution is -2.19. The van der Waals surface area contributed by atoms with E-state index in [4.69, 9.17) is 10.5 Å². The molecule has 2 aromatic rings. The van der Waals surface area contributed by atoms with Crippen LogP contribution in [0.3, 0.4) is 0 Å². The molecule has 0 bridgehead atoms. The lowest BCUT2D eigenvalue weighted by atomic mass is 10.2. The number of carbonyl (C=O) groups is 1. The fourth-order valence-corrected chi connectivity index (χ4v) is 2.62. The number of anilines is 3. The van der Waals surface area contributed by atoms with Gasteiger partial charge in [0.1, 0.15) is 11.6 Å². The van der Waals surface area contributed by atoms with Gasteiger partial charge in [-0.15, -0.1) is 0 Å². The predicted octanol–water partition coefficient (Wildman–Crippen LogP) is 2.52. The van der Waals surface area contributed by atoms with Crippen LogP contribution in [0, 0.1) is 0 Å². The number of pyridine rings is 1. The Labute approximate surface area is 135 Å². The molecule has 1 aromatic heterocycles. The van der Waals surface area contributed by atoms with Gasteiger partial charge < -0.3 is 20.7 Å². The minimum absolute atomic E-state index is 0.245. The number of amides is 1. The number of benzene rings is 1. The van der Waals surface area contributed by atoms with E-state index in [-0.39, 0.29) is 5.91 Å². The van der Waals surface area contributed by atoms with Crippen molar-refractivity contribution in [3.63, 3.8) is 0 Å². The van der Waals surface area contributed by atoms with Crippen LogP contribution in [-0.2, 0) is 0 Å². The molecule has 6 nitrogen and oxygen atoms in total. The van der Waals surface area contributed by atoms with E-state index < -0.39 is 0 Å². The molecular weight excluding hydrogens is 292 g/mol. The highest BCUT2D eigenvalue weighted by Crippen LogP contribution is 2.25. The lowest BCUT2D eigenvalue weighted by Gasteiger charge is -2.16. The number of nitrogens with two attached hydrogens (primary N) is 1. The molecule has 0 spiro atoms. The molecule has 3 rings (SSSR count). The molecule has 0 saturated carbocycles. The topological polar surface area (TPSA) is 80.5 Å². The molecular formula is C17H20N4O2. The first-order chi connectivity index (χ1) is 11.2. The summed E-state index contributed by atoms with van der Waals surface area (Å²) in [7, 11) is 1.57. The van der Waals surface area contributed by atoms with Crippen molar-refractivity contribution in [1.82, 2.24) is 4.98 Å². The van der Waals surface area contributed by atoms with Crippen molar-refractivity contribution in [3.05, 3.63) is 42.1 Å². The molecule has 1 aliphatic rings. The van der Waals surface area contributed by atoms with Gasteiger partial charge in [0.05, 0.1) is 24.0 Å². The van der Waals surface area contributed by atoms with Crippen molar-refractivity contribution in [2.75, 3.05) is 36.1 Å². The average Bonchev–Trinajstić information content (AvgIpc) is 3.11. The third kappa shape index (κ3) is 3.36. The number of carbonyl (C=O) groups excluding carboxylic acids is 1. The lowest BCUT2D eigenvalue weighted by molar-refractivity contribution is 0.102. The smallest absolute Gasteiger partial charge is 0.257 e.